The van der Waals surface area contributed by atoms with Gasteiger partial charge in [-0.3, -0.25) is 0 Å². The van der Waals surface area contributed by atoms with Gasteiger partial charge in [-0.2, -0.15) is 0 Å². The van der Waals surface area contributed by atoms with Gasteiger partial charge >= 0.3 is 0 Å². The highest BCUT2D eigenvalue weighted by molar-refractivity contribution is 6.30. The number of rotatable bonds is 6. The van der Waals surface area contributed by atoms with Gasteiger partial charge in [0.1, 0.15) is 0 Å². The van der Waals surface area contributed by atoms with Crippen molar-refractivity contribution >= 4 is 17.3 Å². The zero-order chi connectivity index (χ0) is 11.1. The average molecular weight is 226 g/mol. The Morgan fingerprint density at radius 3 is 2.40 bits per heavy atom. The maximum Gasteiger partial charge on any atom is 0.0426 e. The molecular weight excluding hydrogens is 206 g/mol. The van der Waals surface area contributed by atoms with Crippen LogP contribution >= 0.6 is 11.6 Å². The summed E-state index contributed by atoms with van der Waals surface area (Å²) >= 11 is 5.94. The van der Waals surface area contributed by atoms with E-state index in [1.165, 1.54) is 25.7 Å². The third-order valence-electron chi connectivity index (χ3n) is 2.47. The number of anilines is 1. The molecule has 0 aromatic heterocycles. The second-order valence-electron chi connectivity index (χ2n) is 3.93. The van der Waals surface area contributed by atoms with E-state index in [-0.39, 0.29) is 0 Å². The van der Waals surface area contributed by atoms with Crippen LogP contribution in [0.2, 0.25) is 5.02 Å². The lowest BCUT2D eigenvalue weighted by Crippen LogP contribution is -2.18. The quantitative estimate of drug-likeness (QED) is 0.739. The maximum absolute atomic E-state index is 5.94. The van der Waals surface area contributed by atoms with Gasteiger partial charge in [-0.1, -0.05) is 44.4 Å². The fourth-order valence-electron chi connectivity index (χ4n) is 1.80. The van der Waals surface area contributed by atoms with Crippen LogP contribution in [-0.4, -0.2) is 6.04 Å². The van der Waals surface area contributed by atoms with Crippen molar-refractivity contribution in [2.45, 2.75) is 45.6 Å². The summed E-state index contributed by atoms with van der Waals surface area (Å²) in [7, 11) is 0. The highest BCUT2D eigenvalue weighted by atomic mass is 35.5. The Morgan fingerprint density at radius 1 is 1.20 bits per heavy atom. The Bertz CT molecular complexity index is 280. The molecule has 0 amide bonds. The highest BCUT2D eigenvalue weighted by Crippen LogP contribution is 2.18. The van der Waals surface area contributed by atoms with Gasteiger partial charge in [0.25, 0.3) is 0 Å². The van der Waals surface area contributed by atoms with E-state index in [9.17, 15) is 0 Å². The van der Waals surface area contributed by atoms with Crippen LogP contribution in [0.5, 0.6) is 0 Å². The summed E-state index contributed by atoms with van der Waals surface area (Å²) in [5, 5.41) is 4.34. The van der Waals surface area contributed by atoms with Gasteiger partial charge in [0.2, 0.25) is 0 Å². The van der Waals surface area contributed by atoms with Gasteiger partial charge in [0.15, 0.2) is 0 Å². The Kier molecular flexibility index (Phi) is 5.56. The summed E-state index contributed by atoms with van der Waals surface area (Å²) < 4.78 is 0. The number of hydrogen-bond acceptors (Lipinski definition) is 1. The summed E-state index contributed by atoms with van der Waals surface area (Å²) in [5.74, 6) is 0. The van der Waals surface area contributed by atoms with Crippen LogP contribution in [-0.2, 0) is 0 Å². The van der Waals surface area contributed by atoms with Crippen LogP contribution < -0.4 is 5.32 Å². The molecule has 0 heterocycles. The molecule has 0 unspecified atom stereocenters. The lowest BCUT2D eigenvalue weighted by atomic mass is 10.1. The molecule has 2 heteroatoms. The van der Waals surface area contributed by atoms with E-state index in [2.05, 4.69) is 25.2 Å². The summed E-state index contributed by atoms with van der Waals surface area (Å²) in [4.78, 5) is 0. The van der Waals surface area contributed by atoms with Crippen molar-refractivity contribution in [3.63, 3.8) is 0 Å². The predicted octanol–water partition coefficient (Wildman–Crippen LogP) is 4.72. The van der Waals surface area contributed by atoms with Gasteiger partial charge in [0.05, 0.1) is 0 Å². The van der Waals surface area contributed by atoms with Crippen molar-refractivity contribution in [3.8, 4) is 0 Å². The van der Waals surface area contributed by atoms with Gasteiger partial charge in [-0.15, -0.1) is 0 Å². The van der Waals surface area contributed by atoms with Gasteiger partial charge in [-0.25, -0.2) is 0 Å². The maximum atomic E-state index is 5.94. The van der Waals surface area contributed by atoms with Crippen molar-refractivity contribution in [2.24, 2.45) is 0 Å². The van der Waals surface area contributed by atoms with E-state index in [0.29, 0.717) is 6.04 Å². The number of hydrogen-bond donors (Lipinski definition) is 1. The van der Waals surface area contributed by atoms with E-state index in [1.54, 1.807) is 0 Å². The first-order chi connectivity index (χ1) is 7.26. The minimum Gasteiger partial charge on any atom is -0.382 e. The zero-order valence-electron chi connectivity index (χ0n) is 9.59. The lowest BCUT2D eigenvalue weighted by molar-refractivity contribution is 0.586. The first kappa shape index (κ1) is 12.4. The van der Waals surface area contributed by atoms with Gasteiger partial charge < -0.3 is 5.32 Å². The number of benzene rings is 1. The van der Waals surface area contributed by atoms with E-state index < -0.39 is 0 Å². The van der Waals surface area contributed by atoms with Crippen molar-refractivity contribution < 1.29 is 0 Å². The Hall–Kier alpha value is -0.690. The summed E-state index contributed by atoms with van der Waals surface area (Å²) in [6, 6.07) is 8.53. The van der Waals surface area contributed by atoms with Crippen LogP contribution in [0.15, 0.2) is 24.3 Å². The molecule has 0 spiro atoms. The van der Waals surface area contributed by atoms with Crippen LogP contribution in [0.4, 0.5) is 5.69 Å². The number of halogens is 1. The fraction of sp³-hybridized carbons (Fsp3) is 0.538. The van der Waals surface area contributed by atoms with Crippen molar-refractivity contribution in [2.75, 3.05) is 5.32 Å². The third kappa shape index (κ3) is 4.57. The second-order valence-corrected chi connectivity index (χ2v) is 4.37. The van der Waals surface area contributed by atoms with Crippen molar-refractivity contribution in [1.82, 2.24) is 0 Å². The number of nitrogens with one attached hydrogen (secondary N) is 1. The molecule has 1 rings (SSSR count). The molecule has 1 aromatic rings. The minimum absolute atomic E-state index is 0.582. The fourth-order valence-corrected chi connectivity index (χ4v) is 1.99. The molecule has 0 atom stereocenters. The summed E-state index contributed by atoms with van der Waals surface area (Å²) in [6.45, 7) is 4.45. The van der Waals surface area contributed by atoms with Crippen LogP contribution in [0, 0.1) is 0 Å². The Morgan fingerprint density at radius 2 is 1.87 bits per heavy atom. The highest BCUT2D eigenvalue weighted by Gasteiger charge is 2.05. The second kappa shape index (κ2) is 6.73. The van der Waals surface area contributed by atoms with Crippen LogP contribution in [0.3, 0.4) is 0 Å². The molecule has 84 valence electrons. The van der Waals surface area contributed by atoms with Gasteiger partial charge in [0, 0.05) is 16.8 Å². The minimum atomic E-state index is 0.582. The topological polar surface area (TPSA) is 12.0 Å². The molecule has 0 aliphatic carbocycles. The van der Waals surface area contributed by atoms with Crippen molar-refractivity contribution in [3.05, 3.63) is 29.3 Å². The smallest absolute Gasteiger partial charge is 0.0426 e. The predicted molar refractivity (Wildman–Crippen MR) is 68.7 cm³/mol. The molecule has 0 fully saturated rings. The molecule has 1 aromatic carbocycles. The van der Waals surface area contributed by atoms with E-state index >= 15 is 0 Å². The van der Waals surface area contributed by atoms with E-state index in [1.807, 2.05) is 18.2 Å². The average Bonchev–Trinajstić information content (AvgIpc) is 2.18. The van der Waals surface area contributed by atoms with E-state index in [4.69, 9.17) is 11.6 Å². The molecule has 0 saturated heterocycles. The molecule has 0 aliphatic heterocycles. The molecule has 0 bridgehead atoms. The first-order valence-electron chi connectivity index (χ1n) is 5.78. The van der Waals surface area contributed by atoms with Crippen molar-refractivity contribution in [1.29, 1.82) is 0 Å². The summed E-state index contributed by atoms with van der Waals surface area (Å²) in [5.41, 5.74) is 1.13. The SMILES string of the molecule is CCCC(CCC)Nc1cccc(Cl)c1. The molecule has 0 radical (unpaired) electrons. The van der Waals surface area contributed by atoms with Crippen LogP contribution in [0.25, 0.3) is 0 Å². The third-order valence-corrected chi connectivity index (χ3v) is 2.70. The molecular formula is C13H20ClN. The monoisotopic (exact) mass is 225 g/mol. The van der Waals surface area contributed by atoms with Gasteiger partial charge in [-0.05, 0) is 31.0 Å². The van der Waals surface area contributed by atoms with E-state index in [0.717, 1.165) is 10.7 Å². The molecule has 1 nitrogen and oxygen atoms in total. The lowest BCUT2D eigenvalue weighted by Gasteiger charge is -2.18. The van der Waals surface area contributed by atoms with Crippen LogP contribution in [0.1, 0.15) is 39.5 Å². The normalized spacial score (nSPS) is 10.7. The Labute approximate surface area is 97.8 Å². The Balaban J connectivity index is 2.56. The largest absolute Gasteiger partial charge is 0.382 e. The standard InChI is InChI=1S/C13H20ClN/c1-3-6-12(7-4-2)15-13-9-5-8-11(14)10-13/h5,8-10,12,15H,3-4,6-7H2,1-2H3. The summed E-state index contributed by atoms with van der Waals surface area (Å²) in [6.07, 6.45) is 4.89. The first-order valence-corrected chi connectivity index (χ1v) is 6.16. The molecule has 0 aliphatic rings. The zero-order valence-corrected chi connectivity index (χ0v) is 10.3. The molecule has 15 heavy (non-hydrogen) atoms. The molecule has 0 saturated carbocycles. The molecule has 1 N–H and O–H groups in total.